The molecule has 4 rings (SSSR count). The van der Waals surface area contributed by atoms with E-state index >= 15 is 0 Å². The summed E-state index contributed by atoms with van der Waals surface area (Å²) in [5.41, 5.74) is 2.02. The number of rotatable bonds is 7. The van der Waals surface area contributed by atoms with Crippen molar-refractivity contribution in [3.63, 3.8) is 0 Å². The molecule has 0 fully saturated rings. The molecular formula is C23H21N3O3. The Kier molecular flexibility index (Phi) is 5.42. The van der Waals surface area contributed by atoms with Crippen molar-refractivity contribution in [2.75, 3.05) is 20.3 Å². The van der Waals surface area contributed by atoms with Gasteiger partial charge in [0.1, 0.15) is 18.1 Å². The number of nitrogens with one attached hydrogen (secondary N) is 2. The highest BCUT2D eigenvalue weighted by Crippen LogP contribution is 2.24. The Balaban J connectivity index is 1.34. The third-order valence-electron chi connectivity index (χ3n) is 4.64. The molecule has 0 aliphatic rings. The summed E-state index contributed by atoms with van der Waals surface area (Å²) in [4.78, 5) is 12.6. The number of nitrogens with zero attached hydrogens (tertiary/aromatic N) is 1. The molecule has 1 heterocycles. The van der Waals surface area contributed by atoms with Gasteiger partial charge in [-0.15, -0.1) is 0 Å². The van der Waals surface area contributed by atoms with E-state index in [1.54, 1.807) is 7.11 Å². The lowest BCUT2D eigenvalue weighted by Gasteiger charge is -2.09. The second-order valence-corrected chi connectivity index (χ2v) is 6.50. The zero-order valence-corrected chi connectivity index (χ0v) is 16.0. The molecule has 6 heteroatoms. The normalized spacial score (nSPS) is 10.7. The van der Waals surface area contributed by atoms with Crippen LogP contribution in [0.3, 0.4) is 0 Å². The zero-order chi connectivity index (χ0) is 20.1. The lowest BCUT2D eigenvalue weighted by molar-refractivity contribution is 0.0947. The number of aromatic amines is 1. The van der Waals surface area contributed by atoms with Gasteiger partial charge in [0.15, 0.2) is 0 Å². The summed E-state index contributed by atoms with van der Waals surface area (Å²) in [6, 6.07) is 21.5. The number of hydrogen-bond acceptors (Lipinski definition) is 4. The second-order valence-electron chi connectivity index (χ2n) is 6.50. The van der Waals surface area contributed by atoms with Crippen LogP contribution in [0, 0.1) is 0 Å². The van der Waals surface area contributed by atoms with Crippen molar-refractivity contribution in [1.82, 2.24) is 15.5 Å². The average Bonchev–Trinajstić information content (AvgIpc) is 3.26. The first-order valence-corrected chi connectivity index (χ1v) is 9.32. The minimum Gasteiger partial charge on any atom is -0.497 e. The molecule has 0 radical (unpaired) electrons. The van der Waals surface area contributed by atoms with Gasteiger partial charge in [-0.1, -0.05) is 30.3 Å². The number of benzene rings is 3. The van der Waals surface area contributed by atoms with E-state index in [1.807, 2.05) is 60.7 Å². The molecule has 0 aliphatic heterocycles. The monoisotopic (exact) mass is 387 g/mol. The number of carbonyl (C=O) groups is 1. The van der Waals surface area contributed by atoms with Gasteiger partial charge >= 0.3 is 0 Å². The predicted octanol–water partition coefficient (Wildman–Crippen LogP) is 4.05. The molecule has 146 valence electrons. The number of aromatic nitrogens is 2. The van der Waals surface area contributed by atoms with Gasteiger partial charge < -0.3 is 14.8 Å². The van der Waals surface area contributed by atoms with E-state index in [-0.39, 0.29) is 5.91 Å². The molecule has 6 nitrogen and oxygen atoms in total. The maximum atomic E-state index is 12.6. The fraction of sp³-hybridized carbons (Fsp3) is 0.130. The van der Waals surface area contributed by atoms with Crippen LogP contribution in [0.5, 0.6) is 11.5 Å². The Hall–Kier alpha value is -3.80. The smallest absolute Gasteiger partial charge is 0.255 e. The van der Waals surface area contributed by atoms with Gasteiger partial charge in [0.25, 0.3) is 5.91 Å². The third-order valence-corrected chi connectivity index (χ3v) is 4.64. The molecule has 0 saturated carbocycles. The second kappa shape index (κ2) is 8.48. The summed E-state index contributed by atoms with van der Waals surface area (Å²) in [6.07, 6.45) is 1.53. The molecule has 0 bridgehead atoms. The molecular weight excluding hydrogens is 366 g/mol. The van der Waals surface area contributed by atoms with Crippen LogP contribution in [0.15, 0.2) is 72.9 Å². The number of fused-ring (bicyclic) bond motifs is 1. The summed E-state index contributed by atoms with van der Waals surface area (Å²) in [7, 11) is 1.62. The summed E-state index contributed by atoms with van der Waals surface area (Å²) < 4.78 is 10.9. The molecule has 29 heavy (non-hydrogen) atoms. The Morgan fingerprint density at radius 3 is 2.55 bits per heavy atom. The molecule has 1 amide bonds. The van der Waals surface area contributed by atoms with Gasteiger partial charge in [-0.3, -0.25) is 9.89 Å². The van der Waals surface area contributed by atoms with Crippen LogP contribution in [0.4, 0.5) is 0 Å². The van der Waals surface area contributed by atoms with Crippen LogP contribution in [-0.2, 0) is 0 Å². The van der Waals surface area contributed by atoms with E-state index in [2.05, 4.69) is 21.6 Å². The van der Waals surface area contributed by atoms with Gasteiger partial charge in [0, 0.05) is 5.56 Å². The molecule has 3 aromatic carbocycles. The van der Waals surface area contributed by atoms with Crippen molar-refractivity contribution >= 4 is 16.7 Å². The first-order valence-electron chi connectivity index (χ1n) is 9.32. The van der Waals surface area contributed by atoms with Gasteiger partial charge in [-0.25, -0.2) is 0 Å². The fourth-order valence-electron chi connectivity index (χ4n) is 3.12. The predicted molar refractivity (Wildman–Crippen MR) is 112 cm³/mol. The highest BCUT2D eigenvalue weighted by Gasteiger charge is 2.15. The van der Waals surface area contributed by atoms with Crippen molar-refractivity contribution in [3.05, 3.63) is 78.5 Å². The largest absolute Gasteiger partial charge is 0.497 e. The first-order chi connectivity index (χ1) is 14.2. The van der Waals surface area contributed by atoms with Crippen LogP contribution in [-0.4, -0.2) is 36.4 Å². The van der Waals surface area contributed by atoms with Crippen LogP contribution in [0.25, 0.3) is 22.0 Å². The summed E-state index contributed by atoms with van der Waals surface area (Å²) >= 11 is 0. The topological polar surface area (TPSA) is 76.2 Å². The molecule has 0 saturated heterocycles. The first kappa shape index (κ1) is 18.6. The van der Waals surface area contributed by atoms with Crippen molar-refractivity contribution < 1.29 is 14.3 Å². The van der Waals surface area contributed by atoms with E-state index in [9.17, 15) is 4.79 Å². The number of carbonyl (C=O) groups excluding carboxylic acids is 1. The SMILES string of the molecule is COc1ccc(-c2[nH]ncc2C(=O)NCCOc2ccc3ccccc3c2)cc1. The molecule has 0 spiro atoms. The summed E-state index contributed by atoms with van der Waals surface area (Å²) in [5.74, 6) is 1.33. The standard InChI is InChI=1S/C23H21N3O3/c1-28-19-9-7-17(8-10-19)22-21(15-25-26-22)23(27)24-12-13-29-20-11-6-16-4-2-3-5-18(16)14-20/h2-11,14-15H,12-13H2,1H3,(H,24,27)(H,25,26). The molecule has 2 N–H and O–H groups in total. The quantitative estimate of drug-likeness (QED) is 0.469. The minimum atomic E-state index is -0.202. The maximum absolute atomic E-state index is 12.6. The van der Waals surface area contributed by atoms with Crippen molar-refractivity contribution in [1.29, 1.82) is 0 Å². The Bertz CT molecular complexity index is 1120. The Morgan fingerprint density at radius 1 is 1.00 bits per heavy atom. The maximum Gasteiger partial charge on any atom is 0.255 e. The van der Waals surface area contributed by atoms with Gasteiger partial charge in [0.05, 0.1) is 31.1 Å². The zero-order valence-electron chi connectivity index (χ0n) is 16.0. The number of methoxy groups -OCH3 is 1. The van der Waals surface area contributed by atoms with E-state index in [0.717, 1.165) is 22.4 Å². The number of H-pyrrole nitrogens is 1. The summed E-state index contributed by atoms with van der Waals surface area (Å²) in [6.45, 7) is 0.763. The van der Waals surface area contributed by atoms with Gasteiger partial charge in [-0.2, -0.15) is 5.10 Å². The van der Waals surface area contributed by atoms with Crippen molar-refractivity contribution in [2.45, 2.75) is 0 Å². The van der Waals surface area contributed by atoms with Crippen molar-refractivity contribution in [3.8, 4) is 22.8 Å². The number of hydrogen-bond donors (Lipinski definition) is 2. The van der Waals surface area contributed by atoms with Crippen LogP contribution >= 0.6 is 0 Å². The van der Waals surface area contributed by atoms with E-state index in [4.69, 9.17) is 9.47 Å². The Morgan fingerprint density at radius 2 is 1.76 bits per heavy atom. The van der Waals surface area contributed by atoms with Crippen LogP contribution < -0.4 is 14.8 Å². The van der Waals surface area contributed by atoms with Gasteiger partial charge in [-0.05, 0) is 47.2 Å². The molecule has 0 atom stereocenters. The van der Waals surface area contributed by atoms with E-state index in [0.29, 0.717) is 24.4 Å². The lowest BCUT2D eigenvalue weighted by Crippen LogP contribution is -2.28. The average molecular weight is 387 g/mol. The fourth-order valence-corrected chi connectivity index (χ4v) is 3.12. The lowest BCUT2D eigenvalue weighted by atomic mass is 10.1. The highest BCUT2D eigenvalue weighted by molar-refractivity contribution is 5.99. The molecule has 1 aromatic heterocycles. The van der Waals surface area contributed by atoms with E-state index in [1.165, 1.54) is 11.6 Å². The molecule has 0 unspecified atom stereocenters. The Labute approximate surface area is 168 Å². The van der Waals surface area contributed by atoms with Crippen LogP contribution in [0.1, 0.15) is 10.4 Å². The molecule has 0 aliphatic carbocycles. The van der Waals surface area contributed by atoms with Gasteiger partial charge in [0.2, 0.25) is 0 Å². The highest BCUT2D eigenvalue weighted by atomic mass is 16.5. The third kappa shape index (κ3) is 4.21. The minimum absolute atomic E-state index is 0.202. The number of amides is 1. The van der Waals surface area contributed by atoms with E-state index < -0.39 is 0 Å². The van der Waals surface area contributed by atoms with Crippen LogP contribution in [0.2, 0.25) is 0 Å². The summed E-state index contributed by atoms with van der Waals surface area (Å²) in [5, 5.41) is 12.1. The molecule has 4 aromatic rings. The number of ether oxygens (including phenoxy) is 2. The van der Waals surface area contributed by atoms with Crippen molar-refractivity contribution in [2.24, 2.45) is 0 Å².